The number of aryl methyl sites for hydroxylation is 1. The van der Waals surface area contributed by atoms with E-state index in [9.17, 15) is 9.59 Å². The lowest BCUT2D eigenvalue weighted by Gasteiger charge is -2.08. The molecule has 7 nitrogen and oxygen atoms in total. The number of rotatable bonds is 7. The molecule has 0 saturated heterocycles. The minimum Gasteiger partial charge on any atom is -0.496 e. The first-order valence-corrected chi connectivity index (χ1v) is 9.34. The van der Waals surface area contributed by atoms with Gasteiger partial charge in [0.15, 0.2) is 0 Å². The van der Waals surface area contributed by atoms with Gasteiger partial charge in [-0.3, -0.25) is 9.59 Å². The maximum absolute atomic E-state index is 12.2. The summed E-state index contributed by atoms with van der Waals surface area (Å²) in [7, 11) is 1.61. The van der Waals surface area contributed by atoms with Gasteiger partial charge in [0.25, 0.3) is 5.91 Å². The summed E-state index contributed by atoms with van der Waals surface area (Å²) in [6, 6.07) is 14.5. The molecule has 2 amide bonds. The van der Waals surface area contributed by atoms with Crippen LogP contribution in [0.3, 0.4) is 0 Å². The average molecular weight is 443 g/mol. The predicted octanol–water partition coefficient (Wildman–Crippen LogP) is 3.31. The number of nitrogens with one attached hydrogen (secondary N) is 1. The molecular weight excluding hydrogens is 424 g/mol. The number of nitrogens with zero attached hydrogens (tertiary/aromatic N) is 2. The first kappa shape index (κ1) is 19.6. The van der Waals surface area contributed by atoms with E-state index >= 15 is 0 Å². The highest BCUT2D eigenvalue weighted by atomic mass is 79.9. The van der Waals surface area contributed by atoms with Gasteiger partial charge in [0, 0.05) is 18.3 Å². The summed E-state index contributed by atoms with van der Waals surface area (Å²) in [5, 5.41) is 6.97. The van der Waals surface area contributed by atoms with Crippen molar-refractivity contribution in [2.45, 2.75) is 12.8 Å². The van der Waals surface area contributed by atoms with Crippen LogP contribution in [-0.4, -0.2) is 28.7 Å². The number of hydrogen-bond acceptors (Lipinski definition) is 4. The van der Waals surface area contributed by atoms with Crippen LogP contribution in [-0.2, 0) is 11.2 Å². The van der Waals surface area contributed by atoms with E-state index in [1.54, 1.807) is 48.3 Å². The molecule has 0 aliphatic rings. The van der Waals surface area contributed by atoms with Crippen molar-refractivity contribution in [2.24, 2.45) is 5.73 Å². The molecule has 0 aliphatic carbocycles. The zero-order chi connectivity index (χ0) is 20.1. The van der Waals surface area contributed by atoms with Gasteiger partial charge in [-0.05, 0) is 70.4 Å². The van der Waals surface area contributed by atoms with Crippen LogP contribution in [0.2, 0.25) is 0 Å². The largest absolute Gasteiger partial charge is 0.496 e. The summed E-state index contributed by atoms with van der Waals surface area (Å²) in [4.78, 5) is 23.3. The summed E-state index contributed by atoms with van der Waals surface area (Å²) in [5.74, 6) is 0.106. The van der Waals surface area contributed by atoms with Crippen LogP contribution in [0.25, 0.3) is 5.69 Å². The van der Waals surface area contributed by atoms with E-state index < -0.39 is 5.91 Å². The molecular formula is C20H19BrN4O3. The van der Waals surface area contributed by atoms with Gasteiger partial charge >= 0.3 is 0 Å². The zero-order valence-electron chi connectivity index (χ0n) is 15.2. The molecule has 1 aromatic heterocycles. The van der Waals surface area contributed by atoms with E-state index in [1.807, 2.05) is 18.2 Å². The lowest BCUT2D eigenvalue weighted by molar-refractivity contribution is -0.116. The van der Waals surface area contributed by atoms with Crippen LogP contribution < -0.4 is 15.8 Å². The number of halogens is 1. The van der Waals surface area contributed by atoms with Crippen molar-refractivity contribution >= 4 is 33.4 Å². The van der Waals surface area contributed by atoms with Crippen LogP contribution in [0.5, 0.6) is 5.75 Å². The standard InChI is InChI=1S/C20H19BrN4O3/c1-28-18-8-2-13(12-16(18)21)3-9-19(26)23-14-4-6-15(7-5-14)25-11-10-17(24-25)20(22)27/h2,4-8,10-12H,3,9H2,1H3,(H2,22,27)(H,23,26). The second-order valence-corrected chi connectivity index (χ2v) is 6.93. The quantitative estimate of drug-likeness (QED) is 0.585. The number of amides is 2. The van der Waals surface area contributed by atoms with E-state index in [1.165, 1.54) is 0 Å². The Labute approximate surface area is 170 Å². The Morgan fingerprint density at radius 1 is 1.18 bits per heavy atom. The molecule has 0 fully saturated rings. The number of aromatic nitrogens is 2. The third-order valence-electron chi connectivity index (χ3n) is 4.11. The molecule has 8 heteroatoms. The van der Waals surface area contributed by atoms with Gasteiger partial charge in [-0.2, -0.15) is 5.10 Å². The number of carbonyl (C=O) groups excluding carboxylic acids is 2. The third kappa shape index (κ3) is 4.77. The predicted molar refractivity (Wildman–Crippen MR) is 110 cm³/mol. The third-order valence-corrected chi connectivity index (χ3v) is 4.73. The highest BCUT2D eigenvalue weighted by Crippen LogP contribution is 2.26. The Morgan fingerprint density at radius 3 is 2.54 bits per heavy atom. The molecule has 3 rings (SSSR count). The number of anilines is 1. The summed E-state index contributed by atoms with van der Waals surface area (Å²) >= 11 is 3.45. The minimum atomic E-state index is -0.577. The lowest BCUT2D eigenvalue weighted by Crippen LogP contribution is -2.13. The van der Waals surface area contributed by atoms with Crippen LogP contribution in [0.4, 0.5) is 5.69 Å². The summed E-state index contributed by atoms with van der Waals surface area (Å²) in [5.41, 5.74) is 7.89. The summed E-state index contributed by atoms with van der Waals surface area (Å²) in [6.07, 6.45) is 2.64. The summed E-state index contributed by atoms with van der Waals surface area (Å²) in [6.45, 7) is 0. The Hall–Kier alpha value is -3.13. The van der Waals surface area contributed by atoms with Crippen LogP contribution in [0.15, 0.2) is 59.2 Å². The fourth-order valence-electron chi connectivity index (χ4n) is 2.64. The SMILES string of the molecule is COc1ccc(CCC(=O)Nc2ccc(-n3ccc(C(N)=O)n3)cc2)cc1Br. The molecule has 0 spiro atoms. The van der Waals surface area contributed by atoms with Crippen molar-refractivity contribution in [3.05, 3.63) is 70.5 Å². The van der Waals surface area contributed by atoms with Gasteiger partial charge in [0.05, 0.1) is 17.3 Å². The van der Waals surface area contributed by atoms with Gasteiger partial charge in [0.2, 0.25) is 5.91 Å². The molecule has 2 aromatic carbocycles. The molecule has 1 heterocycles. The average Bonchev–Trinajstić information content (AvgIpc) is 3.18. The number of carbonyl (C=O) groups is 2. The molecule has 0 radical (unpaired) electrons. The van der Waals surface area contributed by atoms with E-state index in [4.69, 9.17) is 10.5 Å². The molecule has 0 saturated carbocycles. The van der Waals surface area contributed by atoms with Crippen molar-refractivity contribution in [2.75, 3.05) is 12.4 Å². The number of primary amides is 1. The first-order valence-electron chi connectivity index (χ1n) is 8.54. The van der Waals surface area contributed by atoms with Crippen molar-refractivity contribution in [3.8, 4) is 11.4 Å². The monoisotopic (exact) mass is 442 g/mol. The van der Waals surface area contributed by atoms with Crippen molar-refractivity contribution in [1.29, 1.82) is 0 Å². The molecule has 144 valence electrons. The smallest absolute Gasteiger partial charge is 0.269 e. The molecule has 0 unspecified atom stereocenters. The Morgan fingerprint density at radius 2 is 1.93 bits per heavy atom. The number of benzene rings is 2. The topological polar surface area (TPSA) is 99.2 Å². The molecule has 0 aliphatic heterocycles. The Balaban J connectivity index is 1.56. The highest BCUT2D eigenvalue weighted by molar-refractivity contribution is 9.10. The van der Waals surface area contributed by atoms with Gasteiger partial charge < -0.3 is 15.8 Å². The second-order valence-electron chi connectivity index (χ2n) is 6.07. The summed E-state index contributed by atoms with van der Waals surface area (Å²) < 4.78 is 7.62. The van der Waals surface area contributed by atoms with Gasteiger partial charge in [-0.25, -0.2) is 4.68 Å². The van der Waals surface area contributed by atoms with Gasteiger partial charge in [0.1, 0.15) is 11.4 Å². The Kier molecular flexibility index (Phi) is 6.10. The number of ether oxygens (including phenoxy) is 1. The maximum Gasteiger partial charge on any atom is 0.269 e. The minimum absolute atomic E-state index is 0.0743. The molecule has 0 bridgehead atoms. The Bertz CT molecular complexity index is 999. The van der Waals surface area contributed by atoms with Gasteiger partial charge in [-0.15, -0.1) is 0 Å². The van der Waals surface area contributed by atoms with Crippen molar-refractivity contribution < 1.29 is 14.3 Å². The number of hydrogen-bond donors (Lipinski definition) is 2. The van der Waals surface area contributed by atoms with Crippen molar-refractivity contribution in [3.63, 3.8) is 0 Å². The van der Waals surface area contributed by atoms with Crippen molar-refractivity contribution in [1.82, 2.24) is 9.78 Å². The molecule has 0 atom stereocenters. The fourth-order valence-corrected chi connectivity index (χ4v) is 3.23. The molecule has 3 N–H and O–H groups in total. The van der Waals surface area contributed by atoms with Crippen LogP contribution in [0, 0.1) is 0 Å². The highest BCUT2D eigenvalue weighted by Gasteiger charge is 2.08. The molecule has 28 heavy (non-hydrogen) atoms. The van der Waals surface area contributed by atoms with Crippen LogP contribution >= 0.6 is 15.9 Å². The zero-order valence-corrected chi connectivity index (χ0v) is 16.8. The second kappa shape index (κ2) is 8.71. The number of nitrogens with two attached hydrogens (primary N) is 1. The van der Waals surface area contributed by atoms with E-state index in [0.29, 0.717) is 18.5 Å². The first-order chi connectivity index (χ1) is 13.5. The van der Waals surface area contributed by atoms with Crippen LogP contribution in [0.1, 0.15) is 22.5 Å². The van der Waals surface area contributed by atoms with Gasteiger partial charge in [-0.1, -0.05) is 6.07 Å². The maximum atomic E-state index is 12.2. The van der Waals surface area contributed by atoms with E-state index in [0.717, 1.165) is 21.5 Å². The fraction of sp³-hybridized carbons (Fsp3) is 0.150. The van der Waals surface area contributed by atoms with E-state index in [2.05, 4.69) is 26.3 Å². The van der Waals surface area contributed by atoms with E-state index in [-0.39, 0.29) is 11.6 Å². The lowest BCUT2D eigenvalue weighted by atomic mass is 10.1. The number of methoxy groups -OCH3 is 1. The molecule has 3 aromatic rings. The normalized spacial score (nSPS) is 10.5.